The molecular weight excluding hydrogens is 805 g/mol. The van der Waals surface area contributed by atoms with Crippen molar-refractivity contribution in [3.8, 4) is 0 Å². The van der Waals surface area contributed by atoms with Gasteiger partial charge in [0, 0.05) is 19.3 Å². The third kappa shape index (κ3) is 51.4. The third-order valence-corrected chi connectivity index (χ3v) is 11.4. The summed E-state index contributed by atoms with van der Waals surface area (Å²) in [4.78, 5) is 38.0. The summed E-state index contributed by atoms with van der Waals surface area (Å²) < 4.78 is 16.8. The van der Waals surface area contributed by atoms with E-state index in [1.807, 2.05) is 0 Å². The molecule has 0 aromatic heterocycles. The van der Waals surface area contributed by atoms with Crippen LogP contribution in [-0.2, 0) is 28.6 Å². The van der Waals surface area contributed by atoms with Gasteiger partial charge < -0.3 is 14.2 Å². The van der Waals surface area contributed by atoms with Gasteiger partial charge in [-0.15, -0.1) is 0 Å². The van der Waals surface area contributed by atoms with Crippen molar-refractivity contribution in [2.24, 2.45) is 0 Å². The van der Waals surface area contributed by atoms with Crippen molar-refractivity contribution in [2.75, 3.05) is 13.2 Å². The lowest BCUT2D eigenvalue weighted by Crippen LogP contribution is -2.30. The van der Waals surface area contributed by atoms with Gasteiger partial charge in [-0.2, -0.15) is 0 Å². The van der Waals surface area contributed by atoms with Gasteiger partial charge in [-0.3, -0.25) is 14.4 Å². The molecule has 1 atom stereocenters. The van der Waals surface area contributed by atoms with Crippen LogP contribution in [0.5, 0.6) is 0 Å². The lowest BCUT2D eigenvalue weighted by molar-refractivity contribution is -0.167. The Kier molecular flexibility index (Phi) is 50.4. The zero-order valence-electron chi connectivity index (χ0n) is 42.5. The molecule has 6 nitrogen and oxygen atoms in total. The van der Waals surface area contributed by atoms with Gasteiger partial charge in [0.25, 0.3) is 0 Å². The summed E-state index contributed by atoms with van der Waals surface area (Å²) in [5.74, 6) is -0.977. The lowest BCUT2D eigenvalue weighted by Gasteiger charge is -2.18. The van der Waals surface area contributed by atoms with E-state index in [4.69, 9.17) is 14.2 Å². The first-order chi connectivity index (χ1) is 32.0. The fraction of sp³-hybridized carbons (Fsp3) is 0.712. The Morgan fingerprint density at radius 2 is 0.615 bits per heavy atom. The molecule has 0 spiro atoms. The molecule has 372 valence electrons. The molecule has 6 heteroatoms. The number of carbonyl (C=O) groups is 3. The Balaban J connectivity index is 4.50. The van der Waals surface area contributed by atoms with E-state index in [0.717, 1.165) is 96.3 Å². The van der Waals surface area contributed by atoms with E-state index in [0.29, 0.717) is 19.3 Å². The maximum Gasteiger partial charge on any atom is 0.306 e. The second-order valence-corrected chi connectivity index (χ2v) is 17.7. The Morgan fingerprint density at radius 3 is 1.02 bits per heavy atom. The monoisotopic (exact) mass is 905 g/mol. The van der Waals surface area contributed by atoms with Crippen LogP contribution in [0.2, 0.25) is 0 Å². The lowest BCUT2D eigenvalue weighted by atomic mass is 10.1. The molecule has 0 unspecified atom stereocenters. The molecule has 0 saturated carbocycles. The summed E-state index contributed by atoms with van der Waals surface area (Å²) in [6.07, 6.45) is 68.6. The number of allylic oxidation sites excluding steroid dienone is 14. The van der Waals surface area contributed by atoms with Crippen molar-refractivity contribution in [1.29, 1.82) is 0 Å². The van der Waals surface area contributed by atoms with E-state index in [1.54, 1.807) is 0 Å². The first-order valence-corrected chi connectivity index (χ1v) is 27.1. The van der Waals surface area contributed by atoms with E-state index in [-0.39, 0.29) is 37.5 Å². The highest BCUT2D eigenvalue weighted by Crippen LogP contribution is 2.14. The maximum atomic E-state index is 12.8. The maximum absolute atomic E-state index is 12.8. The molecule has 0 amide bonds. The molecule has 0 saturated heterocycles. The topological polar surface area (TPSA) is 78.9 Å². The van der Waals surface area contributed by atoms with Crippen LogP contribution in [0, 0.1) is 0 Å². The number of carbonyl (C=O) groups excluding carboxylic acids is 3. The second-order valence-electron chi connectivity index (χ2n) is 17.7. The summed E-state index contributed by atoms with van der Waals surface area (Å²) in [5, 5.41) is 0. The quantitative estimate of drug-likeness (QED) is 0.0262. The van der Waals surface area contributed by atoms with Crippen LogP contribution in [0.25, 0.3) is 0 Å². The van der Waals surface area contributed by atoms with E-state index >= 15 is 0 Å². The van der Waals surface area contributed by atoms with Gasteiger partial charge in [-0.25, -0.2) is 0 Å². The number of unbranched alkanes of at least 4 members (excludes halogenated alkanes) is 23. The molecule has 0 N–H and O–H groups in total. The number of hydrogen-bond donors (Lipinski definition) is 0. The molecule has 65 heavy (non-hydrogen) atoms. The standard InChI is InChI=1S/C59H100O6/c1-4-7-10-13-16-19-22-25-28-30-32-34-37-40-43-46-49-52-58(61)64-55-56(54-63-57(60)51-48-45-42-39-36-33-27-24-21-18-15-12-9-6-3)65-59(62)53-50-47-44-41-38-35-31-29-26-23-20-17-14-11-8-5-2/h7,10,16,19,24-25,27-29,31-32,34,40,43,56H,4-6,8-9,11-15,17-18,20-23,26,30,33,35-39,41-42,44-55H2,1-3H3/b10-7-,19-16-,27-24-,28-25-,31-29-,34-32-,43-40-/t56-/m1/s1. The zero-order valence-corrected chi connectivity index (χ0v) is 42.5. The fourth-order valence-electron chi connectivity index (χ4n) is 7.29. The molecule has 0 fully saturated rings. The number of hydrogen-bond acceptors (Lipinski definition) is 6. The smallest absolute Gasteiger partial charge is 0.306 e. The van der Waals surface area contributed by atoms with Gasteiger partial charge in [-0.05, 0) is 109 Å². The summed E-state index contributed by atoms with van der Waals surface area (Å²) in [5.41, 5.74) is 0. The van der Waals surface area contributed by atoms with Crippen molar-refractivity contribution in [3.63, 3.8) is 0 Å². The van der Waals surface area contributed by atoms with Crippen molar-refractivity contribution in [3.05, 3.63) is 85.1 Å². The predicted octanol–water partition coefficient (Wildman–Crippen LogP) is 18.0. The Labute approximate surface area is 401 Å². The molecule has 0 radical (unpaired) electrons. The van der Waals surface area contributed by atoms with E-state index in [9.17, 15) is 14.4 Å². The average molecular weight is 905 g/mol. The highest BCUT2D eigenvalue weighted by atomic mass is 16.6. The molecule has 0 aliphatic rings. The summed E-state index contributed by atoms with van der Waals surface area (Å²) in [7, 11) is 0. The van der Waals surface area contributed by atoms with Gasteiger partial charge in [-0.1, -0.05) is 209 Å². The average Bonchev–Trinajstić information content (AvgIpc) is 3.30. The van der Waals surface area contributed by atoms with Crippen LogP contribution in [0.1, 0.15) is 252 Å². The Hall–Kier alpha value is -3.41. The first kappa shape index (κ1) is 61.6. The largest absolute Gasteiger partial charge is 0.462 e. The number of rotatable bonds is 48. The highest BCUT2D eigenvalue weighted by molar-refractivity contribution is 5.71. The molecular formula is C59H100O6. The summed E-state index contributed by atoms with van der Waals surface area (Å²) >= 11 is 0. The van der Waals surface area contributed by atoms with E-state index in [1.165, 1.54) is 109 Å². The van der Waals surface area contributed by atoms with Gasteiger partial charge >= 0.3 is 17.9 Å². The molecule has 0 heterocycles. The minimum Gasteiger partial charge on any atom is -0.462 e. The number of ether oxygens (including phenoxy) is 3. The van der Waals surface area contributed by atoms with Crippen molar-refractivity contribution < 1.29 is 28.6 Å². The second kappa shape index (κ2) is 53.2. The van der Waals surface area contributed by atoms with Crippen molar-refractivity contribution in [1.82, 2.24) is 0 Å². The van der Waals surface area contributed by atoms with Crippen LogP contribution < -0.4 is 0 Å². The molecule has 0 aromatic rings. The van der Waals surface area contributed by atoms with Gasteiger partial charge in [0.05, 0.1) is 0 Å². The highest BCUT2D eigenvalue weighted by Gasteiger charge is 2.19. The SMILES string of the molecule is CC/C=C\C/C=C\C/C=C\C/C=C\C/C=C\CCCC(=O)OC[C@@H](COC(=O)CCCCCCC/C=C\CCCCCCC)OC(=O)CCCCCCC/C=C\CCCCCCCCC. The molecule has 0 aromatic carbocycles. The van der Waals surface area contributed by atoms with Gasteiger partial charge in [0.15, 0.2) is 6.10 Å². The molecule has 0 rings (SSSR count). The summed E-state index contributed by atoms with van der Waals surface area (Å²) in [6, 6.07) is 0. The van der Waals surface area contributed by atoms with Crippen molar-refractivity contribution in [2.45, 2.75) is 258 Å². The first-order valence-electron chi connectivity index (χ1n) is 27.1. The Morgan fingerprint density at radius 1 is 0.323 bits per heavy atom. The summed E-state index contributed by atoms with van der Waals surface area (Å²) in [6.45, 7) is 6.45. The van der Waals surface area contributed by atoms with Crippen molar-refractivity contribution >= 4 is 17.9 Å². The fourth-order valence-corrected chi connectivity index (χ4v) is 7.29. The van der Waals surface area contributed by atoms with Crippen LogP contribution in [0.15, 0.2) is 85.1 Å². The molecule has 0 aliphatic carbocycles. The van der Waals surface area contributed by atoms with Crippen LogP contribution >= 0.6 is 0 Å². The van der Waals surface area contributed by atoms with E-state index < -0.39 is 6.10 Å². The normalized spacial score (nSPS) is 12.7. The van der Waals surface area contributed by atoms with E-state index in [2.05, 4.69) is 106 Å². The minimum absolute atomic E-state index is 0.102. The van der Waals surface area contributed by atoms with Gasteiger partial charge in [0.1, 0.15) is 13.2 Å². The minimum atomic E-state index is -0.807. The van der Waals surface area contributed by atoms with Gasteiger partial charge in [0.2, 0.25) is 0 Å². The predicted molar refractivity (Wildman–Crippen MR) is 279 cm³/mol. The van der Waals surface area contributed by atoms with Crippen LogP contribution in [0.4, 0.5) is 0 Å². The molecule has 0 aliphatic heterocycles. The van der Waals surface area contributed by atoms with Crippen LogP contribution in [0.3, 0.4) is 0 Å². The molecule has 0 bridgehead atoms. The third-order valence-electron chi connectivity index (χ3n) is 11.4. The van der Waals surface area contributed by atoms with Crippen LogP contribution in [-0.4, -0.2) is 37.2 Å². The Bertz CT molecular complexity index is 1270. The zero-order chi connectivity index (χ0) is 47.2. The number of esters is 3.